The molecule has 5 nitrogen and oxygen atoms in total. The topological polar surface area (TPSA) is 74.6 Å². The number of imidazole rings is 1. The van der Waals surface area contributed by atoms with Gasteiger partial charge in [-0.1, -0.05) is 0 Å². The Hall–Kier alpha value is -4.70. The molecular formula is C35H27ClF3N4OP. The summed E-state index contributed by atoms with van der Waals surface area (Å²) < 4.78 is 46.9. The molecule has 0 amide bonds. The molecule has 6 rings (SSSR count). The summed E-state index contributed by atoms with van der Waals surface area (Å²) in [6.45, 7) is 1.71. The molecule has 0 unspecified atom stereocenters. The number of H-pyrrole nitrogens is 1. The Kier molecular flexibility index (Phi) is 7.86. The first-order valence-corrected chi connectivity index (χ1v) is 17.5. The van der Waals surface area contributed by atoms with Crippen molar-refractivity contribution in [2.75, 3.05) is 6.61 Å². The van der Waals surface area contributed by atoms with Gasteiger partial charge in [-0.3, -0.25) is 0 Å². The van der Waals surface area contributed by atoms with Crippen LogP contribution >= 0.6 is 17.2 Å². The molecule has 2 aromatic heterocycles. The van der Waals surface area contributed by atoms with E-state index in [0.717, 1.165) is 22.0 Å². The van der Waals surface area contributed by atoms with E-state index in [1.165, 1.54) is 12.1 Å². The Morgan fingerprint density at radius 1 is 0.822 bits per heavy atom. The molecule has 1 N–H and O–H groups in total. The van der Waals surface area contributed by atoms with Crippen LogP contribution in [0.4, 0.5) is 13.2 Å². The van der Waals surface area contributed by atoms with Crippen LogP contribution in [0.15, 0.2) is 115 Å². The fourth-order valence-corrected chi connectivity index (χ4v) is 11.7. The molecule has 4 aromatic carbocycles. The van der Waals surface area contributed by atoms with Gasteiger partial charge in [-0.15, -0.1) is 0 Å². The van der Waals surface area contributed by atoms with Gasteiger partial charge >= 0.3 is 257 Å². The molecule has 0 aliphatic carbocycles. The van der Waals surface area contributed by atoms with E-state index in [9.17, 15) is 18.4 Å². The molecule has 6 aromatic rings. The molecule has 10 heteroatoms. The van der Waals surface area contributed by atoms with E-state index in [4.69, 9.17) is 21.0 Å². The van der Waals surface area contributed by atoms with Crippen molar-refractivity contribution in [3.05, 3.63) is 132 Å². The number of aromatic nitrogens is 3. The molecule has 0 saturated heterocycles. The zero-order valence-corrected chi connectivity index (χ0v) is 25.7. The summed E-state index contributed by atoms with van der Waals surface area (Å²) in [6, 6.07) is 37.2. The maximum absolute atomic E-state index is 13.9. The molecule has 0 saturated carbocycles. The minimum absolute atomic E-state index is 0.0125. The van der Waals surface area contributed by atoms with Crippen LogP contribution in [0.5, 0.6) is 5.75 Å². The van der Waals surface area contributed by atoms with Gasteiger partial charge in [-0.25, -0.2) is 0 Å². The van der Waals surface area contributed by atoms with E-state index in [-0.39, 0.29) is 35.5 Å². The monoisotopic (exact) mass is 642 g/mol. The zero-order chi connectivity index (χ0) is 31.7. The molecule has 0 spiro atoms. The van der Waals surface area contributed by atoms with Gasteiger partial charge in [0.1, 0.15) is 0 Å². The summed E-state index contributed by atoms with van der Waals surface area (Å²) in [4.78, 5) is 12.6. The van der Waals surface area contributed by atoms with Crippen molar-refractivity contribution >= 4 is 44.1 Å². The van der Waals surface area contributed by atoms with Crippen LogP contribution < -0.4 is 20.7 Å². The number of benzene rings is 4. The van der Waals surface area contributed by atoms with E-state index < -0.39 is 17.7 Å². The third-order valence-electron chi connectivity index (χ3n) is 7.84. The fourth-order valence-electron chi connectivity index (χ4n) is 5.78. The molecule has 226 valence electrons. The number of nitriles is 1. The van der Waals surface area contributed by atoms with Crippen molar-refractivity contribution < 1.29 is 17.9 Å². The second kappa shape index (κ2) is 11.7. The van der Waals surface area contributed by atoms with Crippen LogP contribution in [-0.2, 0) is 12.3 Å². The Morgan fingerprint density at radius 2 is 1.38 bits per heavy atom. The summed E-state index contributed by atoms with van der Waals surface area (Å²) >= 11 is 8.21. The Balaban J connectivity index is 1.55. The van der Waals surface area contributed by atoms with Crippen LogP contribution in [0.3, 0.4) is 0 Å². The van der Waals surface area contributed by atoms with Gasteiger partial charge in [0, 0.05) is 0 Å². The second-order valence-electron chi connectivity index (χ2n) is 10.5. The third-order valence-corrected chi connectivity index (χ3v) is 15.0. The number of nitrogens with one attached hydrogen (secondary N) is 1. The number of alkyl halides is 3. The van der Waals surface area contributed by atoms with E-state index in [2.05, 4.69) is 16.0 Å². The van der Waals surface area contributed by atoms with E-state index in [1.54, 1.807) is 13.0 Å². The number of ether oxygens (including phenoxy) is 1. The van der Waals surface area contributed by atoms with Crippen molar-refractivity contribution in [1.82, 2.24) is 15.0 Å². The minimum atomic E-state index is -4.64. The molecule has 0 aliphatic rings. The number of hydrogen-bond acceptors (Lipinski definition) is 4. The van der Waals surface area contributed by atoms with Crippen LogP contribution in [-0.4, -0.2) is 21.6 Å². The van der Waals surface area contributed by atoms with Gasteiger partial charge in [-0.05, 0) is 6.92 Å². The first kappa shape index (κ1) is 30.3. The van der Waals surface area contributed by atoms with Crippen molar-refractivity contribution in [2.45, 2.75) is 19.3 Å². The SMILES string of the molecule is CCOc1ccc(-c2cc3[nH]c(CP(Cl)(c4ccccc4)(c4ccccc4)c4ccccc4)nc3c(C#N)n2)cc1C(F)(F)F. The first-order valence-electron chi connectivity index (χ1n) is 14.2. The summed E-state index contributed by atoms with van der Waals surface area (Å²) in [6.07, 6.45) is -4.36. The molecule has 45 heavy (non-hydrogen) atoms. The van der Waals surface area contributed by atoms with Gasteiger partial charge in [-0.2, -0.15) is 0 Å². The molecule has 0 fully saturated rings. The van der Waals surface area contributed by atoms with E-state index in [1.807, 2.05) is 91.0 Å². The first-order chi connectivity index (χ1) is 21.6. The van der Waals surface area contributed by atoms with Crippen LogP contribution in [0.2, 0.25) is 0 Å². The summed E-state index contributed by atoms with van der Waals surface area (Å²) in [5.41, 5.74) is 0.233. The number of hydrogen-bond donors (Lipinski definition) is 1. The van der Waals surface area contributed by atoms with Gasteiger partial charge in [0.2, 0.25) is 0 Å². The summed E-state index contributed by atoms with van der Waals surface area (Å²) in [5.74, 6) is -3.51. The van der Waals surface area contributed by atoms with Crippen molar-refractivity contribution in [1.29, 1.82) is 5.26 Å². The fraction of sp³-hybridized carbons (Fsp3) is 0.114. The van der Waals surface area contributed by atoms with E-state index >= 15 is 0 Å². The number of rotatable bonds is 8. The van der Waals surface area contributed by atoms with Crippen LogP contribution in [0, 0.1) is 11.3 Å². The second-order valence-corrected chi connectivity index (χ2v) is 17.0. The average Bonchev–Trinajstić information content (AvgIpc) is 3.47. The Labute approximate surface area is 263 Å². The molecule has 0 radical (unpaired) electrons. The molecule has 0 aliphatic heterocycles. The number of halogens is 4. The standard InChI is InChI=1S/C35H27ClF3N4OP/c1-2-44-32-19-18-24(20-28(32)35(37,38)39)29-21-30-34(31(22-40)41-29)43-33(42-30)23-45(36,25-12-6-3-7-13-25,26-14-8-4-9-15-26)27-16-10-5-11-17-27/h3-21H,2,23H2,1H3,(H,42,43). The Bertz CT molecular complexity index is 1930. The van der Waals surface area contributed by atoms with Gasteiger partial charge in [0.15, 0.2) is 0 Å². The van der Waals surface area contributed by atoms with Crippen molar-refractivity contribution in [3.63, 3.8) is 0 Å². The summed E-state index contributed by atoms with van der Waals surface area (Å²) in [7, 11) is 0. The molecule has 2 heterocycles. The van der Waals surface area contributed by atoms with Gasteiger partial charge < -0.3 is 0 Å². The average molecular weight is 643 g/mol. The van der Waals surface area contributed by atoms with Gasteiger partial charge in [0.25, 0.3) is 0 Å². The summed E-state index contributed by atoms with van der Waals surface area (Å²) in [5, 5.41) is 12.9. The number of fused-ring (bicyclic) bond motifs is 1. The maximum atomic E-state index is 13.9. The predicted octanol–water partition coefficient (Wildman–Crippen LogP) is 8.10. The number of aromatic amines is 1. The van der Waals surface area contributed by atoms with Crippen LogP contribution in [0.1, 0.15) is 24.0 Å². The normalized spacial score (nSPS) is 12.8. The number of nitrogens with zero attached hydrogens (tertiary/aromatic N) is 3. The third kappa shape index (κ3) is 5.33. The van der Waals surface area contributed by atoms with Crippen LogP contribution in [0.25, 0.3) is 22.3 Å². The van der Waals surface area contributed by atoms with E-state index in [0.29, 0.717) is 16.9 Å². The molecular weight excluding hydrogens is 616 g/mol. The number of pyridine rings is 1. The quantitative estimate of drug-likeness (QED) is 0.170. The molecule has 0 bridgehead atoms. The van der Waals surface area contributed by atoms with Crippen molar-refractivity contribution in [2.24, 2.45) is 0 Å². The zero-order valence-electron chi connectivity index (χ0n) is 24.1. The Morgan fingerprint density at radius 3 is 1.87 bits per heavy atom. The predicted molar refractivity (Wildman–Crippen MR) is 175 cm³/mol. The van der Waals surface area contributed by atoms with Crippen molar-refractivity contribution in [3.8, 4) is 23.1 Å². The molecule has 0 atom stereocenters. The van der Waals surface area contributed by atoms with Gasteiger partial charge in [0.05, 0.1) is 0 Å².